The van der Waals surface area contributed by atoms with Gasteiger partial charge in [-0.2, -0.15) is 0 Å². The quantitative estimate of drug-likeness (QED) is 0.859. The van der Waals surface area contributed by atoms with Gasteiger partial charge < -0.3 is 14.6 Å². The van der Waals surface area contributed by atoms with Crippen molar-refractivity contribution in [2.45, 2.75) is 19.1 Å². The molecule has 1 N–H and O–H groups in total. The summed E-state index contributed by atoms with van der Waals surface area (Å²) in [6.07, 6.45) is 0. The first-order chi connectivity index (χ1) is 10.0. The predicted octanol–water partition coefficient (Wildman–Crippen LogP) is 2.65. The second-order valence-corrected chi connectivity index (χ2v) is 4.86. The molecule has 0 amide bonds. The molecule has 0 saturated carbocycles. The summed E-state index contributed by atoms with van der Waals surface area (Å²) >= 11 is 0. The molecule has 4 nitrogen and oxygen atoms in total. The third-order valence-corrected chi connectivity index (χ3v) is 3.25. The molecular weight excluding hydrogens is 268 g/mol. The van der Waals surface area contributed by atoms with E-state index in [4.69, 9.17) is 4.74 Å². The molecule has 0 radical (unpaired) electrons. The molecule has 0 aliphatic heterocycles. The van der Waals surface area contributed by atoms with E-state index in [1.807, 2.05) is 30.3 Å². The number of aliphatic hydroxyl groups is 1. The van der Waals surface area contributed by atoms with Gasteiger partial charge in [0.15, 0.2) is 5.60 Å². The summed E-state index contributed by atoms with van der Waals surface area (Å²) in [6.45, 7) is 1.87. The average molecular weight is 286 g/mol. The van der Waals surface area contributed by atoms with E-state index in [0.717, 1.165) is 5.56 Å². The number of carbonyl (C=O) groups excluding carboxylic acids is 1. The fraction of sp³-hybridized carbons (Fsp3) is 0.235. The Labute approximate surface area is 123 Å². The van der Waals surface area contributed by atoms with Gasteiger partial charge in [0.1, 0.15) is 12.4 Å². The maximum absolute atomic E-state index is 11.5. The van der Waals surface area contributed by atoms with Crippen LogP contribution in [0.2, 0.25) is 0 Å². The van der Waals surface area contributed by atoms with E-state index in [1.165, 1.54) is 14.0 Å². The van der Waals surface area contributed by atoms with Gasteiger partial charge >= 0.3 is 5.97 Å². The Morgan fingerprint density at radius 1 is 1.10 bits per heavy atom. The van der Waals surface area contributed by atoms with E-state index in [1.54, 1.807) is 24.3 Å². The molecule has 0 aromatic heterocycles. The van der Waals surface area contributed by atoms with E-state index >= 15 is 0 Å². The number of rotatable bonds is 5. The van der Waals surface area contributed by atoms with Crippen LogP contribution in [0.3, 0.4) is 0 Å². The van der Waals surface area contributed by atoms with E-state index in [0.29, 0.717) is 17.9 Å². The Bertz CT molecular complexity index is 588. The van der Waals surface area contributed by atoms with Crippen LogP contribution < -0.4 is 4.74 Å². The number of hydrogen-bond acceptors (Lipinski definition) is 4. The molecule has 4 heteroatoms. The zero-order chi connectivity index (χ0) is 15.3. The summed E-state index contributed by atoms with van der Waals surface area (Å²) in [7, 11) is 1.24. The molecule has 0 fully saturated rings. The Hall–Kier alpha value is -2.33. The van der Waals surface area contributed by atoms with Gasteiger partial charge in [0.25, 0.3) is 0 Å². The van der Waals surface area contributed by atoms with Crippen molar-refractivity contribution in [3.05, 3.63) is 65.7 Å². The molecule has 2 aromatic carbocycles. The topological polar surface area (TPSA) is 55.8 Å². The minimum absolute atomic E-state index is 0.460. The van der Waals surface area contributed by atoms with Gasteiger partial charge in [-0.25, -0.2) is 4.79 Å². The first-order valence-electron chi connectivity index (χ1n) is 6.62. The zero-order valence-electron chi connectivity index (χ0n) is 12.1. The van der Waals surface area contributed by atoms with Crippen LogP contribution in [0.15, 0.2) is 54.6 Å². The van der Waals surface area contributed by atoms with Crippen LogP contribution in [-0.4, -0.2) is 18.2 Å². The summed E-state index contributed by atoms with van der Waals surface area (Å²) in [5, 5.41) is 10.1. The fourth-order valence-electron chi connectivity index (χ4n) is 1.93. The third-order valence-electron chi connectivity index (χ3n) is 3.25. The highest BCUT2D eigenvalue weighted by Crippen LogP contribution is 2.24. The summed E-state index contributed by atoms with van der Waals surface area (Å²) < 4.78 is 10.2. The third kappa shape index (κ3) is 3.61. The van der Waals surface area contributed by atoms with Gasteiger partial charge in [0.05, 0.1) is 7.11 Å². The van der Waals surface area contributed by atoms with Crippen molar-refractivity contribution in [2.24, 2.45) is 0 Å². The fourth-order valence-corrected chi connectivity index (χ4v) is 1.93. The van der Waals surface area contributed by atoms with Gasteiger partial charge in [0, 0.05) is 0 Å². The molecular formula is C17H18O4. The van der Waals surface area contributed by atoms with Crippen molar-refractivity contribution >= 4 is 5.97 Å². The Balaban J connectivity index is 2.04. The Morgan fingerprint density at radius 3 is 2.29 bits per heavy atom. The van der Waals surface area contributed by atoms with E-state index in [-0.39, 0.29) is 0 Å². The number of benzene rings is 2. The lowest BCUT2D eigenvalue weighted by atomic mass is 9.96. The molecule has 2 aromatic rings. The highest BCUT2D eigenvalue weighted by atomic mass is 16.5. The molecule has 1 atom stereocenters. The van der Waals surface area contributed by atoms with Crippen LogP contribution in [0, 0.1) is 0 Å². The van der Waals surface area contributed by atoms with Crippen LogP contribution in [0.25, 0.3) is 0 Å². The molecule has 21 heavy (non-hydrogen) atoms. The molecule has 0 heterocycles. The van der Waals surface area contributed by atoms with Crippen LogP contribution in [0.4, 0.5) is 0 Å². The first kappa shape index (κ1) is 15.1. The summed E-state index contributed by atoms with van der Waals surface area (Å²) in [5.41, 5.74) is -0.128. The van der Waals surface area contributed by atoms with Gasteiger partial charge in [-0.15, -0.1) is 0 Å². The molecule has 1 unspecified atom stereocenters. The van der Waals surface area contributed by atoms with Crippen molar-refractivity contribution in [2.75, 3.05) is 7.11 Å². The predicted molar refractivity (Wildman–Crippen MR) is 78.8 cm³/mol. The van der Waals surface area contributed by atoms with Gasteiger partial charge in [-0.1, -0.05) is 42.5 Å². The van der Waals surface area contributed by atoms with Gasteiger partial charge in [0.2, 0.25) is 0 Å². The molecule has 0 spiro atoms. The Morgan fingerprint density at radius 2 is 1.71 bits per heavy atom. The Kier molecular flexibility index (Phi) is 4.60. The maximum atomic E-state index is 11.5. The van der Waals surface area contributed by atoms with Crippen molar-refractivity contribution in [1.82, 2.24) is 0 Å². The van der Waals surface area contributed by atoms with E-state index in [2.05, 4.69) is 4.74 Å². The van der Waals surface area contributed by atoms with Gasteiger partial charge in [-0.05, 0) is 30.2 Å². The second kappa shape index (κ2) is 6.41. The number of hydrogen-bond donors (Lipinski definition) is 1. The van der Waals surface area contributed by atoms with Crippen molar-refractivity contribution < 1.29 is 19.4 Å². The van der Waals surface area contributed by atoms with Crippen molar-refractivity contribution in [3.8, 4) is 5.75 Å². The molecule has 0 aliphatic rings. The molecule has 0 aliphatic carbocycles. The number of esters is 1. The normalized spacial score (nSPS) is 13.3. The first-order valence-corrected chi connectivity index (χ1v) is 6.62. The number of ether oxygens (including phenoxy) is 2. The summed E-state index contributed by atoms with van der Waals surface area (Å²) in [5.74, 6) is -0.0243. The summed E-state index contributed by atoms with van der Waals surface area (Å²) in [4.78, 5) is 11.5. The maximum Gasteiger partial charge on any atom is 0.342 e. The van der Waals surface area contributed by atoms with E-state index < -0.39 is 11.6 Å². The standard InChI is InChI=1S/C17H18O4/c1-17(19,16(18)20-2)14-8-10-15(11-9-14)21-12-13-6-4-3-5-7-13/h3-11,19H,12H2,1-2H3. The van der Waals surface area contributed by atoms with E-state index in [9.17, 15) is 9.90 Å². The average Bonchev–Trinajstić information content (AvgIpc) is 2.53. The molecule has 110 valence electrons. The minimum atomic E-state index is -1.66. The lowest BCUT2D eigenvalue weighted by Gasteiger charge is -2.20. The SMILES string of the molecule is COC(=O)C(C)(O)c1ccc(OCc2ccccc2)cc1. The van der Waals surface area contributed by atoms with Crippen molar-refractivity contribution in [1.29, 1.82) is 0 Å². The number of methoxy groups -OCH3 is 1. The van der Waals surface area contributed by atoms with Crippen LogP contribution in [0.1, 0.15) is 18.1 Å². The smallest absolute Gasteiger partial charge is 0.342 e. The van der Waals surface area contributed by atoms with Crippen LogP contribution in [0.5, 0.6) is 5.75 Å². The molecule has 0 bridgehead atoms. The van der Waals surface area contributed by atoms with Gasteiger partial charge in [-0.3, -0.25) is 0 Å². The lowest BCUT2D eigenvalue weighted by Crippen LogP contribution is -2.33. The molecule has 2 rings (SSSR count). The zero-order valence-corrected chi connectivity index (χ0v) is 12.1. The van der Waals surface area contributed by atoms with Crippen molar-refractivity contribution in [3.63, 3.8) is 0 Å². The highest BCUT2D eigenvalue weighted by Gasteiger charge is 2.33. The highest BCUT2D eigenvalue weighted by molar-refractivity contribution is 5.80. The van der Waals surface area contributed by atoms with Crippen LogP contribution >= 0.6 is 0 Å². The monoisotopic (exact) mass is 286 g/mol. The minimum Gasteiger partial charge on any atom is -0.489 e. The van der Waals surface area contributed by atoms with Crippen LogP contribution in [-0.2, 0) is 21.7 Å². The second-order valence-electron chi connectivity index (χ2n) is 4.86. The lowest BCUT2D eigenvalue weighted by molar-refractivity contribution is -0.161. The largest absolute Gasteiger partial charge is 0.489 e. The summed E-state index contributed by atoms with van der Waals surface area (Å²) in [6, 6.07) is 16.6. The molecule has 0 saturated heterocycles. The number of carbonyl (C=O) groups is 1.